The molecule has 0 aliphatic carbocycles. The van der Waals surface area contributed by atoms with Crippen molar-refractivity contribution in [2.45, 2.75) is 39.9 Å². The van der Waals surface area contributed by atoms with E-state index in [0.29, 0.717) is 5.92 Å². The van der Waals surface area contributed by atoms with Crippen molar-refractivity contribution in [2.75, 3.05) is 0 Å². The summed E-state index contributed by atoms with van der Waals surface area (Å²) in [7, 11) is -1.34. The molecule has 8 aromatic rings. The summed E-state index contributed by atoms with van der Waals surface area (Å²) in [6.45, 7) is 11.7. The largest absolute Gasteiger partial charge is 0.557 e. The molecule has 0 amide bonds. The first kappa shape index (κ1) is 34.3. The number of para-hydroxylation sites is 3. The topological polar surface area (TPSA) is 43.9 Å². The van der Waals surface area contributed by atoms with Crippen LogP contribution in [0.1, 0.15) is 19.4 Å². The van der Waals surface area contributed by atoms with Gasteiger partial charge in [-0.1, -0.05) is 117 Å². The van der Waals surface area contributed by atoms with Crippen molar-refractivity contribution in [1.82, 2.24) is 14.5 Å². The molecule has 0 fully saturated rings. The first-order valence-electron chi connectivity index (χ1n) is 16.6. The van der Waals surface area contributed by atoms with Gasteiger partial charge in [-0.05, 0) is 58.3 Å². The molecule has 4 nitrogen and oxygen atoms in total. The van der Waals surface area contributed by atoms with Crippen LogP contribution >= 0.6 is 0 Å². The summed E-state index contributed by atoms with van der Waals surface area (Å²) in [4.78, 5) is 9.62. The molecule has 5 aromatic carbocycles. The Balaban J connectivity index is 0.000000177. The third-order valence-corrected chi connectivity index (χ3v) is 10.7. The number of pyridine rings is 1. The van der Waals surface area contributed by atoms with Gasteiger partial charge >= 0.3 is 0 Å². The monoisotopic (exact) mass is 834 g/mol. The minimum atomic E-state index is -1.34. The van der Waals surface area contributed by atoms with Crippen molar-refractivity contribution in [3.63, 3.8) is 0 Å². The number of fused-ring (bicyclic) bond motifs is 3. The van der Waals surface area contributed by atoms with Crippen LogP contribution in [0.25, 0.3) is 61.1 Å². The van der Waals surface area contributed by atoms with Gasteiger partial charge in [0.05, 0.1) is 24.9 Å². The summed E-state index contributed by atoms with van der Waals surface area (Å²) in [6, 6.07) is 44.7. The van der Waals surface area contributed by atoms with Gasteiger partial charge in [-0.2, -0.15) is 0 Å². The Morgan fingerprint density at radius 3 is 2.31 bits per heavy atom. The van der Waals surface area contributed by atoms with Crippen LogP contribution in [0.15, 0.2) is 132 Å². The average molecular weight is 834 g/mol. The fourth-order valence-corrected chi connectivity index (χ4v) is 7.93. The van der Waals surface area contributed by atoms with Gasteiger partial charge in [-0.25, -0.2) is 0 Å². The van der Waals surface area contributed by atoms with Crippen LogP contribution in [-0.2, 0) is 26.5 Å². The third kappa shape index (κ3) is 7.23. The average Bonchev–Trinajstić information content (AvgIpc) is 3.70. The summed E-state index contributed by atoms with van der Waals surface area (Å²) in [5.41, 5.74) is 8.37. The molecule has 0 spiro atoms. The molecule has 0 saturated carbocycles. The molecule has 3 aromatic heterocycles. The molecule has 0 atom stereocenters. The quantitative estimate of drug-likeness (QED) is 0.124. The van der Waals surface area contributed by atoms with Crippen LogP contribution < -0.4 is 5.19 Å². The number of rotatable bonds is 6. The van der Waals surface area contributed by atoms with Gasteiger partial charge in [0.1, 0.15) is 0 Å². The Kier molecular flexibility index (Phi) is 10.1. The second kappa shape index (κ2) is 14.5. The normalized spacial score (nSPS) is 11.5. The molecule has 0 bridgehead atoms. The standard InChI is InChI=1S/C25H15N2O.C18H24NSi.Ir/c1-2-8-18-15-19(14-13-17(18)7-1)27-23-11-5-4-10-22(23)26-25(27)21-16-28-24-12-6-3-9-20(21)24;1-14(2)11-16-12-17(15-9-7-6-8-10-15)19-13-18(16)20(3,4)5;/h1-15H;6-9,12-14H,11H2,1-5H3;/q2*-1;. The molecular formula is C43H39IrN3OSi-2. The van der Waals surface area contributed by atoms with E-state index in [2.05, 4.69) is 128 Å². The number of hydrogen-bond acceptors (Lipinski definition) is 3. The van der Waals surface area contributed by atoms with E-state index in [9.17, 15) is 0 Å². The summed E-state index contributed by atoms with van der Waals surface area (Å²) >= 11 is 0. The van der Waals surface area contributed by atoms with Crippen LogP contribution in [0, 0.1) is 18.2 Å². The fourth-order valence-electron chi connectivity index (χ4n) is 6.34. The van der Waals surface area contributed by atoms with E-state index in [0.717, 1.165) is 56.8 Å². The first-order valence-corrected chi connectivity index (χ1v) is 20.1. The number of aromatic nitrogens is 3. The third-order valence-electron chi connectivity index (χ3n) is 8.61. The Bertz CT molecular complexity index is 2350. The maximum Gasteiger partial charge on any atom is 0.0798 e. The summed E-state index contributed by atoms with van der Waals surface area (Å²) in [6.07, 6.45) is 6.32. The minimum absolute atomic E-state index is 0. The summed E-state index contributed by atoms with van der Waals surface area (Å²) in [5.74, 6) is 1.50. The Labute approximate surface area is 303 Å². The van der Waals surface area contributed by atoms with Gasteiger partial charge in [-0.15, -0.1) is 42.0 Å². The van der Waals surface area contributed by atoms with E-state index in [4.69, 9.17) is 9.40 Å². The van der Waals surface area contributed by atoms with Crippen LogP contribution in [0.2, 0.25) is 19.6 Å². The molecule has 49 heavy (non-hydrogen) atoms. The second-order valence-corrected chi connectivity index (χ2v) is 18.8. The minimum Gasteiger partial charge on any atom is -0.557 e. The van der Waals surface area contributed by atoms with Crippen LogP contribution in [0.3, 0.4) is 0 Å². The molecule has 6 heteroatoms. The second-order valence-electron chi connectivity index (χ2n) is 13.7. The van der Waals surface area contributed by atoms with E-state index in [1.807, 2.05) is 54.6 Å². The number of nitrogens with zero attached hydrogens (tertiary/aromatic N) is 3. The van der Waals surface area contributed by atoms with Gasteiger partial charge in [0.15, 0.2) is 0 Å². The van der Waals surface area contributed by atoms with E-state index < -0.39 is 8.07 Å². The first-order chi connectivity index (χ1) is 23.3. The number of hydrogen-bond donors (Lipinski definition) is 0. The van der Waals surface area contributed by atoms with Gasteiger partial charge in [0, 0.05) is 43.8 Å². The molecule has 0 unspecified atom stereocenters. The van der Waals surface area contributed by atoms with Crippen molar-refractivity contribution in [2.24, 2.45) is 5.92 Å². The van der Waals surface area contributed by atoms with Crippen LogP contribution in [0.5, 0.6) is 0 Å². The van der Waals surface area contributed by atoms with Crippen LogP contribution in [0.4, 0.5) is 0 Å². The molecule has 8 rings (SSSR count). The summed E-state index contributed by atoms with van der Waals surface area (Å²) < 4.78 is 7.87. The number of furan rings is 1. The predicted molar refractivity (Wildman–Crippen MR) is 203 cm³/mol. The van der Waals surface area contributed by atoms with Crippen molar-refractivity contribution in [1.29, 1.82) is 0 Å². The van der Waals surface area contributed by atoms with E-state index in [1.165, 1.54) is 21.5 Å². The molecule has 247 valence electrons. The Morgan fingerprint density at radius 1 is 0.796 bits per heavy atom. The Morgan fingerprint density at radius 2 is 1.53 bits per heavy atom. The molecule has 0 aliphatic heterocycles. The molecule has 3 heterocycles. The number of benzene rings is 5. The SMILES string of the molecule is CC(C)Cc1cc(-c2[c-]cccc2)ncc1[Si](C)(C)C.[Ir].[c-]1oc2ccccc2c1-c1nc2ccccc2n1-c1ccc2ccccc2c1. The molecule has 1 radical (unpaired) electrons. The zero-order valence-electron chi connectivity index (χ0n) is 28.5. The molecule has 0 N–H and O–H groups in total. The zero-order chi connectivity index (χ0) is 33.3. The smallest absolute Gasteiger partial charge is 0.0798 e. The fraction of sp³-hybridized carbons (Fsp3) is 0.163. The van der Waals surface area contributed by atoms with E-state index >= 15 is 0 Å². The van der Waals surface area contributed by atoms with E-state index in [1.54, 1.807) is 0 Å². The molecular weight excluding hydrogens is 795 g/mol. The van der Waals surface area contributed by atoms with Gasteiger partial charge < -0.3 is 14.0 Å². The molecule has 0 aliphatic rings. The molecule has 0 saturated heterocycles. The van der Waals surface area contributed by atoms with Gasteiger partial charge in [0.2, 0.25) is 0 Å². The van der Waals surface area contributed by atoms with E-state index in [-0.39, 0.29) is 20.1 Å². The van der Waals surface area contributed by atoms with Crippen molar-refractivity contribution < 1.29 is 24.5 Å². The van der Waals surface area contributed by atoms with Crippen LogP contribution in [-0.4, -0.2) is 22.6 Å². The number of imidazole rings is 1. The Hall–Kier alpha value is -4.61. The summed E-state index contributed by atoms with van der Waals surface area (Å²) in [5, 5.41) is 4.92. The van der Waals surface area contributed by atoms with Crippen molar-refractivity contribution >= 4 is 46.0 Å². The maximum absolute atomic E-state index is 5.68. The van der Waals surface area contributed by atoms with Gasteiger partial charge in [0.25, 0.3) is 0 Å². The van der Waals surface area contributed by atoms with Gasteiger partial charge in [-0.3, -0.25) is 4.98 Å². The maximum atomic E-state index is 5.68. The predicted octanol–water partition coefficient (Wildman–Crippen LogP) is 10.7. The van der Waals surface area contributed by atoms with Crippen molar-refractivity contribution in [3.8, 4) is 28.3 Å². The zero-order valence-corrected chi connectivity index (χ0v) is 31.9. The van der Waals surface area contributed by atoms with Crippen molar-refractivity contribution in [3.05, 3.63) is 145 Å².